The van der Waals surface area contributed by atoms with Gasteiger partial charge in [0.1, 0.15) is 11.5 Å². The monoisotopic (exact) mass is 381 g/mol. The van der Waals surface area contributed by atoms with Gasteiger partial charge in [-0.3, -0.25) is 4.99 Å². The molecule has 0 aliphatic heterocycles. The van der Waals surface area contributed by atoms with Crippen molar-refractivity contribution in [3.05, 3.63) is 76.5 Å². The fourth-order valence-corrected chi connectivity index (χ4v) is 2.68. The number of nitrogens with zero attached hydrogens (tertiary/aromatic N) is 1. The van der Waals surface area contributed by atoms with Crippen LogP contribution in [0.15, 0.2) is 64.0 Å². The predicted octanol–water partition coefficient (Wildman–Crippen LogP) is 6.22. The Morgan fingerprint density at radius 3 is 2.56 bits per heavy atom. The molecule has 138 valence electrons. The Labute approximate surface area is 163 Å². The van der Waals surface area contributed by atoms with E-state index in [0.29, 0.717) is 27.7 Å². The zero-order valence-corrected chi connectivity index (χ0v) is 16.2. The Kier molecular flexibility index (Phi) is 5.77. The Hall–Kier alpha value is -2.85. The minimum absolute atomic E-state index is 0.213. The maximum absolute atomic E-state index is 12.4. The fourth-order valence-electron chi connectivity index (χ4n) is 2.51. The second kappa shape index (κ2) is 8.23. The molecule has 0 fully saturated rings. The van der Waals surface area contributed by atoms with Crippen LogP contribution in [0.25, 0.3) is 11.3 Å². The molecule has 4 nitrogen and oxygen atoms in total. The molecule has 0 amide bonds. The minimum Gasteiger partial charge on any atom is -0.459 e. The number of hydrogen-bond acceptors (Lipinski definition) is 4. The predicted molar refractivity (Wildman–Crippen MR) is 108 cm³/mol. The van der Waals surface area contributed by atoms with Gasteiger partial charge in [-0.1, -0.05) is 29.3 Å². The maximum atomic E-state index is 12.4. The van der Waals surface area contributed by atoms with Crippen LogP contribution in [0.2, 0.25) is 5.02 Å². The van der Waals surface area contributed by atoms with E-state index in [9.17, 15) is 4.79 Å². The largest absolute Gasteiger partial charge is 0.459 e. The zero-order valence-electron chi connectivity index (χ0n) is 15.4. The van der Waals surface area contributed by atoms with Crippen LogP contribution < -0.4 is 0 Å². The van der Waals surface area contributed by atoms with Crippen molar-refractivity contribution in [1.29, 1.82) is 0 Å². The van der Waals surface area contributed by atoms with E-state index in [0.717, 1.165) is 5.69 Å². The number of aryl methyl sites for hydroxylation is 1. The maximum Gasteiger partial charge on any atom is 0.339 e. The quantitative estimate of drug-likeness (QED) is 0.389. The molecule has 0 saturated heterocycles. The number of halogens is 1. The normalized spacial score (nSPS) is 11.3. The molecule has 0 unspecified atom stereocenters. The van der Waals surface area contributed by atoms with Crippen LogP contribution in [-0.2, 0) is 4.74 Å². The SMILES string of the molecule is Cc1ccc(N=Cc2ccc(-c3cc(Cl)ccc3C(=O)OC(C)C)o2)cc1. The molecule has 0 spiro atoms. The van der Waals surface area contributed by atoms with Gasteiger partial charge in [0.05, 0.1) is 23.6 Å². The Balaban J connectivity index is 1.88. The van der Waals surface area contributed by atoms with Crippen LogP contribution in [0.5, 0.6) is 0 Å². The lowest BCUT2D eigenvalue weighted by molar-refractivity contribution is 0.0378. The number of hydrogen-bond donors (Lipinski definition) is 0. The summed E-state index contributed by atoms with van der Waals surface area (Å²) in [5, 5.41) is 0.511. The van der Waals surface area contributed by atoms with Gasteiger partial charge in [0.15, 0.2) is 0 Å². The summed E-state index contributed by atoms with van der Waals surface area (Å²) in [5.74, 6) is 0.690. The van der Waals surface area contributed by atoms with Gasteiger partial charge in [0.2, 0.25) is 0 Å². The van der Waals surface area contributed by atoms with E-state index in [1.54, 1.807) is 50.4 Å². The average molecular weight is 382 g/mol. The molecule has 3 rings (SSSR count). The van der Waals surface area contributed by atoms with Gasteiger partial charge in [0.25, 0.3) is 0 Å². The summed E-state index contributed by atoms with van der Waals surface area (Å²) in [4.78, 5) is 16.8. The molecule has 3 aromatic rings. The highest BCUT2D eigenvalue weighted by molar-refractivity contribution is 6.31. The van der Waals surface area contributed by atoms with E-state index in [1.807, 2.05) is 31.2 Å². The Morgan fingerprint density at radius 2 is 1.85 bits per heavy atom. The van der Waals surface area contributed by atoms with Crippen LogP contribution in [0, 0.1) is 6.92 Å². The van der Waals surface area contributed by atoms with Crippen molar-refractivity contribution < 1.29 is 13.9 Å². The molecule has 27 heavy (non-hydrogen) atoms. The van der Waals surface area contributed by atoms with E-state index in [2.05, 4.69) is 4.99 Å². The highest BCUT2D eigenvalue weighted by Gasteiger charge is 2.18. The zero-order chi connectivity index (χ0) is 19.4. The van der Waals surface area contributed by atoms with Crippen molar-refractivity contribution in [2.75, 3.05) is 0 Å². The van der Waals surface area contributed by atoms with Gasteiger partial charge < -0.3 is 9.15 Å². The van der Waals surface area contributed by atoms with Crippen molar-refractivity contribution in [3.63, 3.8) is 0 Å². The van der Waals surface area contributed by atoms with Crippen LogP contribution in [0.3, 0.4) is 0 Å². The lowest BCUT2D eigenvalue weighted by Gasteiger charge is -2.11. The number of benzene rings is 2. The molecule has 0 bridgehead atoms. The van der Waals surface area contributed by atoms with E-state index in [1.165, 1.54) is 5.56 Å². The molecule has 5 heteroatoms. The van der Waals surface area contributed by atoms with Gasteiger partial charge in [-0.2, -0.15) is 0 Å². The van der Waals surface area contributed by atoms with Gasteiger partial charge in [-0.25, -0.2) is 4.79 Å². The molecular weight excluding hydrogens is 362 g/mol. The first kappa shape index (κ1) is 18.9. The highest BCUT2D eigenvalue weighted by atomic mass is 35.5. The number of carbonyl (C=O) groups is 1. The van der Waals surface area contributed by atoms with Crippen LogP contribution in [0.4, 0.5) is 5.69 Å². The van der Waals surface area contributed by atoms with Gasteiger partial charge >= 0.3 is 5.97 Å². The summed E-state index contributed by atoms with van der Waals surface area (Å²) in [6.07, 6.45) is 1.43. The standard InChI is InChI=1S/C22H20ClNO3/c1-14(2)26-22(25)19-10-6-16(23)12-20(19)21-11-9-18(27-21)13-24-17-7-4-15(3)5-8-17/h4-14H,1-3H3. The molecule has 0 N–H and O–H groups in total. The first-order valence-electron chi connectivity index (χ1n) is 8.64. The molecule has 1 heterocycles. The van der Waals surface area contributed by atoms with E-state index in [-0.39, 0.29) is 6.10 Å². The van der Waals surface area contributed by atoms with Gasteiger partial charge in [-0.15, -0.1) is 0 Å². The smallest absolute Gasteiger partial charge is 0.339 e. The number of rotatable bonds is 5. The molecule has 0 radical (unpaired) electrons. The summed E-state index contributed by atoms with van der Waals surface area (Å²) in [7, 11) is 0. The Morgan fingerprint density at radius 1 is 1.11 bits per heavy atom. The first-order chi connectivity index (χ1) is 12.9. The van der Waals surface area contributed by atoms with E-state index < -0.39 is 5.97 Å². The number of esters is 1. The number of aliphatic imine (C=N–C) groups is 1. The molecule has 0 aliphatic carbocycles. The third kappa shape index (κ3) is 4.86. The average Bonchev–Trinajstić information content (AvgIpc) is 3.09. The van der Waals surface area contributed by atoms with Crippen LogP contribution in [-0.4, -0.2) is 18.3 Å². The fraction of sp³-hybridized carbons (Fsp3) is 0.182. The number of ether oxygens (including phenoxy) is 1. The third-order valence-electron chi connectivity index (χ3n) is 3.81. The highest BCUT2D eigenvalue weighted by Crippen LogP contribution is 2.29. The van der Waals surface area contributed by atoms with Crippen molar-refractivity contribution >= 4 is 29.5 Å². The lowest BCUT2D eigenvalue weighted by atomic mass is 10.1. The van der Waals surface area contributed by atoms with E-state index >= 15 is 0 Å². The molecule has 1 aromatic heterocycles. The first-order valence-corrected chi connectivity index (χ1v) is 9.01. The van der Waals surface area contributed by atoms with Gasteiger partial charge in [-0.05, 0) is 63.2 Å². The second-order valence-electron chi connectivity index (χ2n) is 6.44. The van der Waals surface area contributed by atoms with Crippen molar-refractivity contribution in [2.45, 2.75) is 26.9 Å². The molecular formula is C22H20ClNO3. The lowest BCUT2D eigenvalue weighted by Crippen LogP contribution is -2.12. The molecule has 0 saturated carbocycles. The van der Waals surface area contributed by atoms with Gasteiger partial charge in [0, 0.05) is 10.6 Å². The second-order valence-corrected chi connectivity index (χ2v) is 6.88. The summed E-state index contributed by atoms with van der Waals surface area (Å²) in [6, 6.07) is 16.4. The number of furan rings is 1. The van der Waals surface area contributed by atoms with E-state index in [4.69, 9.17) is 20.8 Å². The summed E-state index contributed by atoms with van der Waals surface area (Å²) in [6.45, 7) is 5.64. The molecule has 0 atom stereocenters. The van der Waals surface area contributed by atoms with Crippen molar-refractivity contribution in [2.24, 2.45) is 4.99 Å². The van der Waals surface area contributed by atoms with Crippen molar-refractivity contribution in [1.82, 2.24) is 0 Å². The summed E-state index contributed by atoms with van der Waals surface area (Å²) < 4.78 is 11.2. The van der Waals surface area contributed by atoms with Crippen LogP contribution >= 0.6 is 11.6 Å². The Bertz CT molecular complexity index is 971. The number of carbonyl (C=O) groups excluding carboxylic acids is 1. The van der Waals surface area contributed by atoms with Crippen molar-refractivity contribution in [3.8, 4) is 11.3 Å². The minimum atomic E-state index is -0.414. The topological polar surface area (TPSA) is 51.8 Å². The van der Waals surface area contributed by atoms with Crippen LogP contribution in [0.1, 0.15) is 35.5 Å². The molecule has 0 aliphatic rings. The summed E-state index contributed by atoms with van der Waals surface area (Å²) >= 11 is 6.12. The summed E-state index contributed by atoms with van der Waals surface area (Å²) in [5.41, 5.74) is 3.01. The third-order valence-corrected chi connectivity index (χ3v) is 4.05. The molecule has 2 aromatic carbocycles.